The summed E-state index contributed by atoms with van der Waals surface area (Å²) in [5.74, 6) is -1.30. The van der Waals surface area contributed by atoms with Gasteiger partial charge in [0.2, 0.25) is 0 Å². The number of ether oxygens (including phenoxy) is 1. The molecule has 1 atom stereocenters. The van der Waals surface area contributed by atoms with Crippen molar-refractivity contribution in [3.8, 4) is 0 Å². The Labute approximate surface area is 132 Å². The highest BCUT2D eigenvalue weighted by atomic mass is 16.6. The van der Waals surface area contributed by atoms with Gasteiger partial charge in [-0.2, -0.15) is 0 Å². The molecule has 1 aliphatic rings. The van der Waals surface area contributed by atoms with Gasteiger partial charge in [0.25, 0.3) is 0 Å². The van der Waals surface area contributed by atoms with Crippen LogP contribution >= 0.6 is 0 Å². The fourth-order valence-electron chi connectivity index (χ4n) is 2.66. The SMILES string of the molecule is O=C(CCC(=O)c1occ2ccccc12)OC(=O)[C@@H]1CCCN1. The summed E-state index contributed by atoms with van der Waals surface area (Å²) in [5.41, 5.74) is 0. The molecular formula is C17H17NO5. The molecule has 2 aromatic rings. The maximum absolute atomic E-state index is 12.2. The van der Waals surface area contributed by atoms with E-state index >= 15 is 0 Å². The molecule has 2 heterocycles. The number of fused-ring (bicyclic) bond motifs is 1. The van der Waals surface area contributed by atoms with Crippen LogP contribution < -0.4 is 5.32 Å². The Morgan fingerprint density at radius 1 is 1.22 bits per heavy atom. The third kappa shape index (κ3) is 3.48. The van der Waals surface area contributed by atoms with E-state index in [9.17, 15) is 14.4 Å². The van der Waals surface area contributed by atoms with Crippen molar-refractivity contribution < 1.29 is 23.5 Å². The molecule has 0 bridgehead atoms. The molecule has 0 radical (unpaired) electrons. The quantitative estimate of drug-likeness (QED) is 0.517. The lowest BCUT2D eigenvalue weighted by Crippen LogP contribution is -2.33. The normalized spacial score (nSPS) is 17.3. The van der Waals surface area contributed by atoms with E-state index in [1.54, 1.807) is 6.07 Å². The largest absolute Gasteiger partial charge is 0.460 e. The molecule has 0 unspecified atom stereocenters. The number of ketones is 1. The minimum atomic E-state index is -0.687. The number of Topliss-reactive ketones (excluding diaryl/α,β-unsaturated/α-hetero) is 1. The minimum Gasteiger partial charge on any atom is -0.460 e. The molecule has 23 heavy (non-hydrogen) atoms. The maximum atomic E-state index is 12.2. The number of esters is 2. The highest BCUT2D eigenvalue weighted by Gasteiger charge is 2.26. The summed E-state index contributed by atoms with van der Waals surface area (Å²) in [4.78, 5) is 35.6. The Morgan fingerprint density at radius 3 is 2.83 bits per heavy atom. The molecule has 6 heteroatoms. The number of hydrogen-bond donors (Lipinski definition) is 1. The van der Waals surface area contributed by atoms with Crippen LogP contribution in [0.15, 0.2) is 34.9 Å². The van der Waals surface area contributed by atoms with Crippen molar-refractivity contribution in [1.29, 1.82) is 0 Å². The lowest BCUT2D eigenvalue weighted by molar-refractivity contribution is -0.160. The van der Waals surface area contributed by atoms with E-state index in [1.165, 1.54) is 6.26 Å². The third-order valence-corrected chi connectivity index (χ3v) is 3.88. The van der Waals surface area contributed by atoms with Crippen molar-refractivity contribution in [3.05, 3.63) is 36.3 Å². The van der Waals surface area contributed by atoms with Crippen molar-refractivity contribution in [2.24, 2.45) is 0 Å². The number of furan rings is 1. The van der Waals surface area contributed by atoms with Gasteiger partial charge in [0.1, 0.15) is 6.04 Å². The van der Waals surface area contributed by atoms with Gasteiger partial charge in [0.15, 0.2) is 11.5 Å². The number of benzene rings is 1. The molecule has 6 nitrogen and oxygen atoms in total. The standard InChI is InChI=1S/C17H17NO5/c19-14(16-12-5-2-1-4-11(12)10-22-16)7-8-15(20)23-17(21)13-6-3-9-18-13/h1-2,4-5,10,13,18H,3,6-9H2/t13-/m0/s1. The summed E-state index contributed by atoms with van der Waals surface area (Å²) in [6, 6.07) is 6.89. The Morgan fingerprint density at radius 2 is 2.04 bits per heavy atom. The summed E-state index contributed by atoms with van der Waals surface area (Å²) < 4.78 is 10.1. The Bertz CT molecular complexity index is 742. The second kappa shape index (κ2) is 6.75. The van der Waals surface area contributed by atoms with E-state index in [0.29, 0.717) is 6.42 Å². The number of carbonyl (C=O) groups excluding carboxylic acids is 3. The molecule has 1 aliphatic heterocycles. The molecule has 1 aromatic heterocycles. The van der Waals surface area contributed by atoms with E-state index in [4.69, 9.17) is 9.15 Å². The summed E-state index contributed by atoms with van der Waals surface area (Å²) >= 11 is 0. The number of carbonyl (C=O) groups is 3. The summed E-state index contributed by atoms with van der Waals surface area (Å²) in [6.45, 7) is 0.748. The number of hydrogen-bond acceptors (Lipinski definition) is 6. The topological polar surface area (TPSA) is 85.6 Å². The monoisotopic (exact) mass is 315 g/mol. The van der Waals surface area contributed by atoms with Crippen LogP contribution in [0.4, 0.5) is 0 Å². The smallest absolute Gasteiger partial charge is 0.330 e. The highest BCUT2D eigenvalue weighted by Crippen LogP contribution is 2.22. The van der Waals surface area contributed by atoms with Crippen molar-refractivity contribution in [2.45, 2.75) is 31.7 Å². The molecule has 0 amide bonds. The molecule has 1 aromatic carbocycles. The van der Waals surface area contributed by atoms with Gasteiger partial charge in [-0.1, -0.05) is 24.3 Å². The molecular weight excluding hydrogens is 298 g/mol. The van der Waals surface area contributed by atoms with Gasteiger partial charge in [-0.05, 0) is 19.4 Å². The second-order valence-corrected chi connectivity index (χ2v) is 5.52. The number of rotatable bonds is 5. The van der Waals surface area contributed by atoms with Gasteiger partial charge in [0, 0.05) is 17.2 Å². The summed E-state index contributed by atoms with van der Waals surface area (Å²) in [7, 11) is 0. The van der Waals surface area contributed by atoms with Gasteiger partial charge in [-0.15, -0.1) is 0 Å². The molecule has 0 saturated carbocycles. The van der Waals surface area contributed by atoms with E-state index in [0.717, 1.165) is 23.7 Å². The van der Waals surface area contributed by atoms with Crippen molar-refractivity contribution in [3.63, 3.8) is 0 Å². The van der Waals surface area contributed by atoms with Crippen LogP contribution in [0, 0.1) is 0 Å². The Balaban J connectivity index is 1.54. The van der Waals surface area contributed by atoms with Crippen molar-refractivity contribution in [1.82, 2.24) is 5.32 Å². The van der Waals surface area contributed by atoms with Gasteiger partial charge >= 0.3 is 11.9 Å². The van der Waals surface area contributed by atoms with Crippen molar-refractivity contribution >= 4 is 28.5 Å². The van der Waals surface area contributed by atoms with Crippen molar-refractivity contribution in [2.75, 3.05) is 6.54 Å². The Hall–Kier alpha value is -2.47. The first-order chi connectivity index (χ1) is 11.1. The molecule has 120 valence electrons. The zero-order valence-electron chi connectivity index (χ0n) is 12.5. The van der Waals surface area contributed by atoms with Crippen LogP contribution in [0.5, 0.6) is 0 Å². The Kier molecular flexibility index (Phi) is 4.52. The molecule has 1 fully saturated rings. The van der Waals surface area contributed by atoms with E-state index < -0.39 is 18.0 Å². The fraction of sp³-hybridized carbons (Fsp3) is 0.353. The van der Waals surface area contributed by atoms with Crippen LogP contribution in [0.3, 0.4) is 0 Å². The number of nitrogens with one attached hydrogen (secondary N) is 1. The molecule has 1 saturated heterocycles. The average molecular weight is 315 g/mol. The van der Waals surface area contributed by atoms with Crippen LogP contribution in [-0.2, 0) is 14.3 Å². The second-order valence-electron chi connectivity index (χ2n) is 5.52. The van der Waals surface area contributed by atoms with Crippen LogP contribution in [0.25, 0.3) is 10.8 Å². The predicted octanol–water partition coefficient (Wildman–Crippen LogP) is 2.22. The van der Waals surface area contributed by atoms with Gasteiger partial charge < -0.3 is 14.5 Å². The zero-order valence-corrected chi connectivity index (χ0v) is 12.5. The van der Waals surface area contributed by atoms with E-state index in [1.807, 2.05) is 18.2 Å². The predicted molar refractivity (Wildman–Crippen MR) is 81.9 cm³/mol. The lowest BCUT2D eigenvalue weighted by Gasteiger charge is -2.08. The third-order valence-electron chi connectivity index (χ3n) is 3.88. The lowest BCUT2D eigenvalue weighted by atomic mass is 10.1. The van der Waals surface area contributed by atoms with Gasteiger partial charge in [0.05, 0.1) is 12.7 Å². The fourth-order valence-corrected chi connectivity index (χ4v) is 2.66. The van der Waals surface area contributed by atoms with Gasteiger partial charge in [-0.3, -0.25) is 9.59 Å². The van der Waals surface area contributed by atoms with E-state index in [2.05, 4.69) is 5.32 Å². The maximum Gasteiger partial charge on any atom is 0.330 e. The van der Waals surface area contributed by atoms with Crippen LogP contribution in [-0.4, -0.2) is 30.3 Å². The highest BCUT2D eigenvalue weighted by molar-refractivity contribution is 6.06. The minimum absolute atomic E-state index is 0.0539. The summed E-state index contributed by atoms with van der Waals surface area (Å²) in [6.07, 6.45) is 2.87. The molecule has 0 aliphatic carbocycles. The molecule has 3 rings (SSSR count). The van der Waals surface area contributed by atoms with Crippen LogP contribution in [0.1, 0.15) is 36.2 Å². The van der Waals surface area contributed by atoms with E-state index in [-0.39, 0.29) is 24.4 Å². The van der Waals surface area contributed by atoms with Crippen LogP contribution in [0.2, 0.25) is 0 Å². The van der Waals surface area contributed by atoms with Gasteiger partial charge in [-0.25, -0.2) is 4.79 Å². The first kappa shape index (κ1) is 15.4. The summed E-state index contributed by atoms with van der Waals surface area (Å²) in [5, 5.41) is 4.51. The zero-order chi connectivity index (χ0) is 16.2. The first-order valence-corrected chi connectivity index (χ1v) is 7.62. The molecule has 0 spiro atoms. The first-order valence-electron chi connectivity index (χ1n) is 7.62. The molecule has 1 N–H and O–H groups in total. The average Bonchev–Trinajstić information content (AvgIpc) is 3.22.